The third kappa shape index (κ3) is 9.29. The van der Waals surface area contributed by atoms with Crippen molar-refractivity contribution in [2.24, 2.45) is 23.7 Å². The Labute approximate surface area is 271 Å². The van der Waals surface area contributed by atoms with Crippen molar-refractivity contribution in [2.45, 2.75) is 125 Å². The Morgan fingerprint density at radius 3 is 2.31 bits per heavy atom. The molecule has 2 aliphatic carbocycles. The summed E-state index contributed by atoms with van der Waals surface area (Å²) in [5.41, 5.74) is 3.66. The minimum atomic E-state index is -0.324. The maximum absolute atomic E-state index is 14.2. The van der Waals surface area contributed by atoms with Gasteiger partial charge < -0.3 is 9.64 Å². The maximum Gasteiger partial charge on any atom is 0.309 e. The zero-order chi connectivity index (χ0) is 32.5. The number of nitrogens with zero attached hydrogens (tertiary/aromatic N) is 3. The smallest absolute Gasteiger partial charge is 0.309 e. The number of ether oxygens (including phenoxy) is 1. The molecule has 2 aliphatic rings. The minimum Gasteiger partial charge on any atom is -0.469 e. The summed E-state index contributed by atoms with van der Waals surface area (Å²) in [6.45, 7) is 12.2. The van der Waals surface area contributed by atoms with E-state index in [9.17, 15) is 14.4 Å². The highest BCUT2D eigenvalue weighted by molar-refractivity contribution is 5.94. The number of methoxy groups -OCH3 is 1. The summed E-state index contributed by atoms with van der Waals surface area (Å²) in [5.74, 6) is 2.12. The Morgan fingerprint density at radius 1 is 1.00 bits per heavy atom. The molecule has 0 aliphatic heterocycles. The summed E-state index contributed by atoms with van der Waals surface area (Å²) in [4.78, 5) is 47.5. The first kappa shape index (κ1) is 34.9. The Morgan fingerprint density at radius 2 is 1.69 bits per heavy atom. The predicted octanol–water partition coefficient (Wildman–Crippen LogP) is 7.65. The van der Waals surface area contributed by atoms with Gasteiger partial charge in [0.2, 0.25) is 0 Å². The summed E-state index contributed by atoms with van der Waals surface area (Å²) in [6, 6.07) is 5.73. The fraction of sp³-hybridized carbons (Fsp3) is 0.684. The second-order valence-electron chi connectivity index (χ2n) is 14.5. The molecule has 2 aromatic rings. The SMILES string of the molecule is COC(=O)C1CCc2nc(CCCCC3CCCCC3)n(-c3ccc(C(=O)N(CCC(C)C)CCC(C)C)cc3C)c(=O)c2C1. The monoisotopic (exact) mass is 619 g/mol. The molecule has 7 heteroatoms. The van der Waals surface area contributed by atoms with Gasteiger partial charge in [0.25, 0.3) is 11.5 Å². The molecule has 45 heavy (non-hydrogen) atoms. The molecule has 0 radical (unpaired) electrons. The second-order valence-corrected chi connectivity index (χ2v) is 14.5. The molecule has 1 saturated carbocycles. The average molecular weight is 620 g/mol. The molecule has 0 spiro atoms. The Bertz CT molecular complexity index is 1340. The van der Waals surface area contributed by atoms with Crippen molar-refractivity contribution < 1.29 is 14.3 Å². The molecule has 0 N–H and O–H groups in total. The van der Waals surface area contributed by atoms with E-state index in [0.717, 1.165) is 73.9 Å². The summed E-state index contributed by atoms with van der Waals surface area (Å²) >= 11 is 0. The van der Waals surface area contributed by atoms with Crippen molar-refractivity contribution in [3.05, 3.63) is 56.8 Å². The highest BCUT2D eigenvalue weighted by Gasteiger charge is 2.30. The van der Waals surface area contributed by atoms with Crippen LogP contribution in [0.3, 0.4) is 0 Å². The number of aryl methyl sites for hydroxylation is 3. The molecular formula is C38H57N3O4. The molecule has 7 nitrogen and oxygen atoms in total. The Kier molecular flexibility index (Phi) is 12.8. The lowest BCUT2D eigenvalue weighted by molar-refractivity contribution is -0.145. The number of amides is 1. The third-order valence-corrected chi connectivity index (χ3v) is 9.96. The number of benzene rings is 1. The van der Waals surface area contributed by atoms with Gasteiger partial charge in [-0.05, 0) is 87.0 Å². The van der Waals surface area contributed by atoms with Crippen molar-refractivity contribution in [2.75, 3.05) is 20.2 Å². The van der Waals surface area contributed by atoms with Gasteiger partial charge in [-0.3, -0.25) is 19.0 Å². The average Bonchev–Trinajstić information content (AvgIpc) is 3.03. The van der Waals surface area contributed by atoms with E-state index >= 15 is 0 Å². The van der Waals surface area contributed by atoms with Crippen molar-refractivity contribution >= 4 is 11.9 Å². The van der Waals surface area contributed by atoms with E-state index in [1.807, 2.05) is 30.0 Å². The second kappa shape index (κ2) is 16.6. The maximum atomic E-state index is 14.2. The van der Waals surface area contributed by atoms with Gasteiger partial charge in [-0.15, -0.1) is 0 Å². The molecule has 1 atom stereocenters. The number of hydrogen-bond donors (Lipinski definition) is 0. The van der Waals surface area contributed by atoms with Crippen LogP contribution in [0, 0.1) is 30.6 Å². The zero-order valence-corrected chi connectivity index (χ0v) is 28.8. The first-order valence-corrected chi connectivity index (χ1v) is 17.7. The molecule has 1 heterocycles. The van der Waals surface area contributed by atoms with Crippen LogP contribution in [0.1, 0.15) is 131 Å². The van der Waals surface area contributed by atoms with Gasteiger partial charge in [0.1, 0.15) is 5.82 Å². The van der Waals surface area contributed by atoms with Crippen LogP contribution in [0.25, 0.3) is 5.69 Å². The number of unbranched alkanes of at least 4 members (excludes halogenated alkanes) is 1. The van der Waals surface area contributed by atoms with Crippen LogP contribution in [0.4, 0.5) is 0 Å². The molecule has 1 unspecified atom stereocenters. The fourth-order valence-electron chi connectivity index (χ4n) is 7.06. The van der Waals surface area contributed by atoms with Gasteiger partial charge in [0, 0.05) is 30.6 Å². The van der Waals surface area contributed by atoms with Crippen LogP contribution in [0.5, 0.6) is 0 Å². The van der Waals surface area contributed by atoms with Crippen LogP contribution in [0.15, 0.2) is 23.0 Å². The molecular weight excluding hydrogens is 562 g/mol. The van der Waals surface area contributed by atoms with Crippen LogP contribution >= 0.6 is 0 Å². The molecule has 0 bridgehead atoms. The molecule has 248 valence electrons. The summed E-state index contributed by atoms with van der Waals surface area (Å²) in [5, 5.41) is 0. The molecule has 1 aromatic heterocycles. The first-order chi connectivity index (χ1) is 21.6. The largest absolute Gasteiger partial charge is 0.469 e. The van der Waals surface area contributed by atoms with Gasteiger partial charge in [-0.25, -0.2) is 4.98 Å². The van der Waals surface area contributed by atoms with Crippen LogP contribution in [-0.2, 0) is 28.8 Å². The van der Waals surface area contributed by atoms with Crippen molar-refractivity contribution in [3.63, 3.8) is 0 Å². The fourth-order valence-corrected chi connectivity index (χ4v) is 7.06. The van der Waals surface area contributed by atoms with Gasteiger partial charge in [0.05, 0.1) is 24.4 Å². The molecule has 1 amide bonds. The van der Waals surface area contributed by atoms with E-state index in [-0.39, 0.29) is 23.4 Å². The standard InChI is InChI=1S/C38H57N3O4/c1-26(2)20-22-40(23-21-27(3)4)36(42)30-17-19-34(28(5)24-30)41-35(15-11-10-14-29-12-8-7-9-13-29)39-33-18-16-31(38(44)45-6)25-32(33)37(41)43/h17,19,24,26-27,29,31H,7-16,18,20-23,25H2,1-6H3. The number of rotatable bonds is 14. The lowest BCUT2D eigenvalue weighted by Crippen LogP contribution is -2.35. The summed E-state index contributed by atoms with van der Waals surface area (Å²) < 4.78 is 6.80. The normalized spacial score (nSPS) is 17.0. The van der Waals surface area contributed by atoms with Crippen LogP contribution in [0.2, 0.25) is 0 Å². The van der Waals surface area contributed by atoms with Gasteiger partial charge in [-0.2, -0.15) is 0 Å². The topological polar surface area (TPSA) is 81.5 Å². The van der Waals surface area contributed by atoms with E-state index in [1.165, 1.54) is 45.6 Å². The minimum absolute atomic E-state index is 0.0470. The van der Waals surface area contributed by atoms with E-state index < -0.39 is 0 Å². The number of hydrogen-bond acceptors (Lipinski definition) is 5. The van der Waals surface area contributed by atoms with E-state index in [4.69, 9.17) is 9.72 Å². The van der Waals surface area contributed by atoms with Crippen LogP contribution < -0.4 is 5.56 Å². The Hall–Kier alpha value is -2.96. The molecule has 1 aromatic carbocycles. The highest BCUT2D eigenvalue weighted by atomic mass is 16.5. The quantitative estimate of drug-likeness (QED) is 0.160. The van der Waals surface area contributed by atoms with E-state index in [0.29, 0.717) is 42.2 Å². The van der Waals surface area contributed by atoms with Gasteiger partial charge in [0.15, 0.2) is 0 Å². The van der Waals surface area contributed by atoms with Gasteiger partial charge in [-0.1, -0.05) is 72.6 Å². The zero-order valence-electron chi connectivity index (χ0n) is 28.8. The van der Waals surface area contributed by atoms with E-state index in [1.54, 1.807) is 4.57 Å². The molecule has 0 saturated heterocycles. The number of esters is 1. The number of aromatic nitrogens is 2. The molecule has 1 fully saturated rings. The van der Waals surface area contributed by atoms with Gasteiger partial charge >= 0.3 is 5.97 Å². The number of carbonyl (C=O) groups excluding carboxylic acids is 2. The van der Waals surface area contributed by atoms with E-state index in [2.05, 4.69) is 27.7 Å². The number of carbonyl (C=O) groups is 2. The molecule has 4 rings (SSSR count). The van der Waals surface area contributed by atoms with Crippen molar-refractivity contribution in [1.29, 1.82) is 0 Å². The van der Waals surface area contributed by atoms with Crippen molar-refractivity contribution in [3.8, 4) is 5.69 Å². The van der Waals surface area contributed by atoms with Crippen molar-refractivity contribution in [1.82, 2.24) is 14.5 Å². The predicted molar refractivity (Wildman–Crippen MR) is 181 cm³/mol. The lowest BCUT2D eigenvalue weighted by Gasteiger charge is -2.26. The third-order valence-electron chi connectivity index (χ3n) is 9.96. The summed E-state index contributed by atoms with van der Waals surface area (Å²) in [7, 11) is 1.41. The highest BCUT2D eigenvalue weighted by Crippen LogP contribution is 2.29. The summed E-state index contributed by atoms with van der Waals surface area (Å²) in [6.07, 6.45) is 14.4. The lowest BCUT2D eigenvalue weighted by atomic mass is 9.85. The van der Waals surface area contributed by atoms with Crippen LogP contribution in [-0.4, -0.2) is 46.5 Å². The Balaban J connectivity index is 1.64. The number of fused-ring (bicyclic) bond motifs is 1. The first-order valence-electron chi connectivity index (χ1n) is 17.7.